The van der Waals surface area contributed by atoms with Crippen LogP contribution in [0.5, 0.6) is 5.75 Å². The summed E-state index contributed by atoms with van der Waals surface area (Å²) in [5.74, 6) is 0.589. The molecule has 2 aromatic heterocycles. The van der Waals surface area contributed by atoms with Gasteiger partial charge in [0.25, 0.3) is 5.91 Å². The fourth-order valence-electron chi connectivity index (χ4n) is 2.39. The molecule has 8 heteroatoms. The van der Waals surface area contributed by atoms with Crippen molar-refractivity contribution in [2.24, 2.45) is 0 Å². The van der Waals surface area contributed by atoms with E-state index in [9.17, 15) is 4.79 Å². The van der Waals surface area contributed by atoms with Crippen LogP contribution in [0.25, 0.3) is 0 Å². The second kappa shape index (κ2) is 8.46. The van der Waals surface area contributed by atoms with Gasteiger partial charge in [0, 0.05) is 30.3 Å². The topological polar surface area (TPSA) is 89.0 Å². The third-order valence-electron chi connectivity index (χ3n) is 3.67. The van der Waals surface area contributed by atoms with Crippen LogP contribution in [-0.4, -0.2) is 28.0 Å². The second-order valence-corrected chi connectivity index (χ2v) is 6.14. The van der Waals surface area contributed by atoms with Gasteiger partial charge >= 0.3 is 0 Å². The zero-order valence-corrected chi connectivity index (χ0v) is 15.6. The zero-order chi connectivity index (χ0) is 19.2. The molecule has 0 radical (unpaired) electrons. The van der Waals surface area contributed by atoms with Crippen molar-refractivity contribution in [2.75, 3.05) is 12.4 Å². The van der Waals surface area contributed by atoms with Crippen molar-refractivity contribution in [1.82, 2.24) is 20.3 Å². The van der Waals surface area contributed by atoms with Crippen LogP contribution in [0.1, 0.15) is 21.7 Å². The summed E-state index contributed by atoms with van der Waals surface area (Å²) in [5.41, 5.74) is 2.53. The Morgan fingerprint density at radius 1 is 1.22 bits per heavy atom. The Bertz CT molecular complexity index is 950. The van der Waals surface area contributed by atoms with Gasteiger partial charge in [-0.25, -0.2) is 9.97 Å². The van der Waals surface area contributed by atoms with E-state index in [0.717, 1.165) is 5.56 Å². The lowest BCUT2D eigenvalue weighted by Gasteiger charge is -2.10. The first-order valence-electron chi connectivity index (χ1n) is 8.18. The molecular weight excluding hydrogens is 366 g/mol. The molecule has 0 aliphatic rings. The monoisotopic (exact) mass is 383 g/mol. The zero-order valence-electron chi connectivity index (χ0n) is 14.9. The van der Waals surface area contributed by atoms with E-state index in [1.165, 1.54) is 0 Å². The normalized spacial score (nSPS) is 10.3. The SMILES string of the molecule is COc1ccc(Nc2nc(C)cc(C(=O)NCc3cccnc3)n2)cc1Cl. The van der Waals surface area contributed by atoms with Gasteiger partial charge in [-0.15, -0.1) is 0 Å². The molecule has 0 bridgehead atoms. The molecule has 0 aliphatic carbocycles. The van der Waals surface area contributed by atoms with Crippen LogP contribution >= 0.6 is 11.6 Å². The van der Waals surface area contributed by atoms with Gasteiger partial charge in [0.1, 0.15) is 11.4 Å². The number of halogens is 1. The molecule has 0 aliphatic heterocycles. The molecule has 1 aromatic carbocycles. The Labute approximate surface area is 161 Å². The molecule has 3 rings (SSSR count). The number of nitrogens with one attached hydrogen (secondary N) is 2. The van der Waals surface area contributed by atoms with Gasteiger partial charge in [-0.1, -0.05) is 17.7 Å². The number of hydrogen-bond donors (Lipinski definition) is 2. The van der Waals surface area contributed by atoms with Crippen LogP contribution in [0.4, 0.5) is 11.6 Å². The Balaban J connectivity index is 1.73. The Hall–Kier alpha value is -3.19. The standard InChI is InChI=1S/C19H18ClN5O2/c1-12-8-16(18(26)22-11-13-4-3-7-21-10-13)25-19(23-12)24-14-5-6-17(27-2)15(20)9-14/h3-10H,11H2,1-2H3,(H,22,26)(H,23,24,25). The number of amides is 1. The molecule has 0 unspecified atom stereocenters. The summed E-state index contributed by atoms with van der Waals surface area (Å²) >= 11 is 6.13. The van der Waals surface area contributed by atoms with Crippen molar-refractivity contribution in [3.05, 3.63) is 70.8 Å². The minimum absolute atomic E-state index is 0.272. The molecule has 0 spiro atoms. The number of carbonyl (C=O) groups is 1. The number of anilines is 2. The predicted molar refractivity (Wildman–Crippen MR) is 103 cm³/mol. The second-order valence-electron chi connectivity index (χ2n) is 5.74. The number of carbonyl (C=O) groups excluding carboxylic acids is 1. The van der Waals surface area contributed by atoms with Gasteiger partial charge in [-0.05, 0) is 42.8 Å². The quantitative estimate of drug-likeness (QED) is 0.677. The number of methoxy groups -OCH3 is 1. The fourth-order valence-corrected chi connectivity index (χ4v) is 2.65. The summed E-state index contributed by atoms with van der Waals surface area (Å²) in [6, 6.07) is 10.6. The molecule has 0 saturated heterocycles. The van der Waals surface area contributed by atoms with E-state index in [-0.39, 0.29) is 11.6 Å². The third-order valence-corrected chi connectivity index (χ3v) is 3.97. The van der Waals surface area contributed by atoms with Crippen molar-refractivity contribution in [3.8, 4) is 5.75 Å². The van der Waals surface area contributed by atoms with Crippen molar-refractivity contribution in [1.29, 1.82) is 0 Å². The number of nitrogens with zero attached hydrogens (tertiary/aromatic N) is 3. The molecule has 7 nitrogen and oxygen atoms in total. The average Bonchev–Trinajstić information content (AvgIpc) is 2.66. The molecule has 1 amide bonds. The van der Waals surface area contributed by atoms with Crippen molar-refractivity contribution in [3.63, 3.8) is 0 Å². The summed E-state index contributed by atoms with van der Waals surface area (Å²) in [5, 5.41) is 6.34. The van der Waals surface area contributed by atoms with Crippen LogP contribution in [0.3, 0.4) is 0 Å². The number of benzene rings is 1. The van der Waals surface area contributed by atoms with E-state index >= 15 is 0 Å². The van der Waals surface area contributed by atoms with E-state index in [4.69, 9.17) is 16.3 Å². The predicted octanol–water partition coefficient (Wildman–Crippen LogP) is 3.52. The Morgan fingerprint density at radius 2 is 2.07 bits per heavy atom. The summed E-state index contributed by atoms with van der Waals surface area (Å²) in [4.78, 5) is 25.1. The number of pyridine rings is 1. The van der Waals surface area contributed by atoms with E-state index < -0.39 is 0 Å². The minimum Gasteiger partial charge on any atom is -0.495 e. The molecule has 2 heterocycles. The van der Waals surface area contributed by atoms with Gasteiger partial charge in [-0.3, -0.25) is 9.78 Å². The van der Waals surface area contributed by atoms with Gasteiger partial charge in [0.15, 0.2) is 0 Å². The number of rotatable bonds is 6. The van der Waals surface area contributed by atoms with E-state index in [1.807, 2.05) is 12.1 Å². The maximum absolute atomic E-state index is 12.4. The van der Waals surface area contributed by atoms with Gasteiger partial charge in [0.2, 0.25) is 5.95 Å². The third kappa shape index (κ3) is 4.92. The molecule has 0 fully saturated rings. The van der Waals surface area contributed by atoms with E-state index in [2.05, 4.69) is 25.6 Å². The average molecular weight is 384 g/mol. The number of aryl methyl sites for hydroxylation is 1. The lowest BCUT2D eigenvalue weighted by molar-refractivity contribution is 0.0945. The van der Waals surface area contributed by atoms with E-state index in [1.54, 1.807) is 50.7 Å². The van der Waals surface area contributed by atoms with Gasteiger partial charge < -0.3 is 15.4 Å². The number of hydrogen-bond acceptors (Lipinski definition) is 6. The van der Waals surface area contributed by atoms with E-state index in [0.29, 0.717) is 34.6 Å². The number of ether oxygens (including phenoxy) is 1. The summed E-state index contributed by atoms with van der Waals surface area (Å²) in [6.45, 7) is 2.17. The molecule has 0 saturated carbocycles. The maximum Gasteiger partial charge on any atom is 0.270 e. The van der Waals surface area contributed by atoms with Crippen LogP contribution in [0.2, 0.25) is 5.02 Å². The fraction of sp³-hybridized carbons (Fsp3) is 0.158. The van der Waals surface area contributed by atoms with Gasteiger partial charge in [0.05, 0.1) is 12.1 Å². The first-order valence-corrected chi connectivity index (χ1v) is 8.56. The summed E-state index contributed by atoms with van der Waals surface area (Å²) in [7, 11) is 1.55. The lowest BCUT2D eigenvalue weighted by Crippen LogP contribution is -2.24. The van der Waals surface area contributed by atoms with Crippen LogP contribution in [0.15, 0.2) is 48.8 Å². The molecule has 3 aromatic rings. The highest BCUT2D eigenvalue weighted by Crippen LogP contribution is 2.28. The highest BCUT2D eigenvalue weighted by Gasteiger charge is 2.11. The highest BCUT2D eigenvalue weighted by molar-refractivity contribution is 6.32. The van der Waals surface area contributed by atoms with Crippen LogP contribution in [-0.2, 0) is 6.54 Å². The minimum atomic E-state index is -0.292. The number of aromatic nitrogens is 3. The summed E-state index contributed by atoms with van der Waals surface area (Å²) in [6.07, 6.45) is 3.38. The summed E-state index contributed by atoms with van der Waals surface area (Å²) < 4.78 is 5.13. The molecule has 2 N–H and O–H groups in total. The lowest BCUT2D eigenvalue weighted by atomic mass is 10.2. The van der Waals surface area contributed by atoms with Gasteiger partial charge in [-0.2, -0.15) is 0 Å². The highest BCUT2D eigenvalue weighted by atomic mass is 35.5. The largest absolute Gasteiger partial charge is 0.495 e. The van der Waals surface area contributed by atoms with Crippen LogP contribution in [0, 0.1) is 6.92 Å². The molecule has 0 atom stereocenters. The van der Waals surface area contributed by atoms with Crippen molar-refractivity contribution < 1.29 is 9.53 Å². The van der Waals surface area contributed by atoms with Crippen LogP contribution < -0.4 is 15.4 Å². The first kappa shape index (κ1) is 18.6. The molecular formula is C19H18ClN5O2. The molecule has 27 heavy (non-hydrogen) atoms. The first-order chi connectivity index (χ1) is 13.0. The Morgan fingerprint density at radius 3 is 2.78 bits per heavy atom. The van der Waals surface area contributed by atoms with Crippen molar-refractivity contribution >= 4 is 29.1 Å². The van der Waals surface area contributed by atoms with Crippen molar-refractivity contribution in [2.45, 2.75) is 13.5 Å². The molecule has 138 valence electrons. The Kier molecular flexibility index (Phi) is 5.83. The maximum atomic E-state index is 12.4. The smallest absolute Gasteiger partial charge is 0.270 e.